The Morgan fingerprint density at radius 1 is 0.938 bits per heavy atom. The van der Waals surface area contributed by atoms with Crippen LogP contribution < -0.4 is 14.8 Å². The SMILES string of the molecule is COc1ccc(C(=O)NCc2cccc(OCc3ccccc3)c2)cc1S(=O)(=O)N(C)C. The predicted molar refractivity (Wildman–Crippen MR) is 122 cm³/mol. The number of carbonyl (C=O) groups excluding carboxylic acids is 1. The fraction of sp³-hybridized carbons (Fsp3) is 0.208. The van der Waals surface area contributed by atoms with Gasteiger partial charge in [0.2, 0.25) is 10.0 Å². The van der Waals surface area contributed by atoms with Crippen molar-refractivity contribution in [3.63, 3.8) is 0 Å². The molecule has 7 nitrogen and oxygen atoms in total. The molecule has 0 radical (unpaired) electrons. The van der Waals surface area contributed by atoms with E-state index in [0.29, 0.717) is 12.4 Å². The Balaban J connectivity index is 1.68. The van der Waals surface area contributed by atoms with Crippen LogP contribution in [0.5, 0.6) is 11.5 Å². The van der Waals surface area contributed by atoms with Crippen LogP contribution in [0.2, 0.25) is 0 Å². The first-order valence-electron chi connectivity index (χ1n) is 9.95. The highest BCUT2D eigenvalue weighted by molar-refractivity contribution is 7.89. The summed E-state index contributed by atoms with van der Waals surface area (Å²) in [5.74, 6) is 0.487. The van der Waals surface area contributed by atoms with Crippen LogP contribution in [0.4, 0.5) is 0 Å². The van der Waals surface area contributed by atoms with E-state index in [0.717, 1.165) is 15.4 Å². The van der Waals surface area contributed by atoms with Crippen LogP contribution in [0.1, 0.15) is 21.5 Å². The molecule has 3 rings (SSSR count). The maximum atomic E-state index is 12.7. The quantitative estimate of drug-likeness (QED) is 0.535. The molecule has 3 aromatic rings. The van der Waals surface area contributed by atoms with Crippen molar-refractivity contribution >= 4 is 15.9 Å². The van der Waals surface area contributed by atoms with E-state index in [9.17, 15) is 13.2 Å². The van der Waals surface area contributed by atoms with Crippen LogP contribution in [-0.4, -0.2) is 39.8 Å². The van der Waals surface area contributed by atoms with Crippen molar-refractivity contribution in [2.24, 2.45) is 0 Å². The first kappa shape index (κ1) is 23.3. The Labute approximate surface area is 188 Å². The lowest BCUT2D eigenvalue weighted by Gasteiger charge is -2.15. The van der Waals surface area contributed by atoms with E-state index in [1.165, 1.54) is 39.4 Å². The van der Waals surface area contributed by atoms with Crippen LogP contribution in [0.3, 0.4) is 0 Å². The average Bonchev–Trinajstić information content (AvgIpc) is 2.81. The van der Waals surface area contributed by atoms with Gasteiger partial charge in [0.1, 0.15) is 23.0 Å². The maximum Gasteiger partial charge on any atom is 0.251 e. The fourth-order valence-corrected chi connectivity index (χ4v) is 4.06. The number of benzene rings is 3. The van der Waals surface area contributed by atoms with Crippen LogP contribution in [0.15, 0.2) is 77.7 Å². The van der Waals surface area contributed by atoms with Gasteiger partial charge in [-0.2, -0.15) is 0 Å². The molecule has 0 heterocycles. The second-order valence-electron chi connectivity index (χ2n) is 7.26. The van der Waals surface area contributed by atoms with Gasteiger partial charge >= 0.3 is 0 Å². The molecule has 3 aromatic carbocycles. The number of hydrogen-bond acceptors (Lipinski definition) is 5. The molecule has 0 saturated heterocycles. The summed E-state index contributed by atoms with van der Waals surface area (Å²) in [4.78, 5) is 12.6. The number of amides is 1. The zero-order valence-electron chi connectivity index (χ0n) is 18.2. The highest BCUT2D eigenvalue weighted by atomic mass is 32.2. The van der Waals surface area contributed by atoms with Gasteiger partial charge in [0.15, 0.2) is 0 Å². The minimum Gasteiger partial charge on any atom is -0.495 e. The van der Waals surface area contributed by atoms with Gasteiger partial charge in [0.05, 0.1) is 7.11 Å². The lowest BCUT2D eigenvalue weighted by atomic mass is 10.1. The second kappa shape index (κ2) is 10.3. The van der Waals surface area contributed by atoms with Gasteiger partial charge in [-0.1, -0.05) is 42.5 Å². The molecule has 8 heteroatoms. The molecule has 32 heavy (non-hydrogen) atoms. The average molecular weight is 455 g/mol. The van der Waals surface area contributed by atoms with Crippen molar-refractivity contribution in [2.75, 3.05) is 21.2 Å². The summed E-state index contributed by atoms with van der Waals surface area (Å²) in [6, 6.07) is 21.6. The van der Waals surface area contributed by atoms with Crippen molar-refractivity contribution in [3.05, 3.63) is 89.5 Å². The Hall–Kier alpha value is -3.36. The smallest absolute Gasteiger partial charge is 0.251 e. The molecule has 1 N–H and O–H groups in total. The summed E-state index contributed by atoms with van der Waals surface area (Å²) in [6.07, 6.45) is 0. The van der Waals surface area contributed by atoms with Crippen LogP contribution in [0.25, 0.3) is 0 Å². The Morgan fingerprint density at radius 3 is 2.34 bits per heavy atom. The zero-order chi connectivity index (χ0) is 23.1. The summed E-state index contributed by atoms with van der Waals surface area (Å²) in [7, 11) is 0.470. The molecule has 0 aliphatic carbocycles. The van der Waals surface area contributed by atoms with Gasteiger partial charge in [0, 0.05) is 26.2 Å². The van der Waals surface area contributed by atoms with Gasteiger partial charge in [-0.05, 0) is 41.5 Å². The normalized spacial score (nSPS) is 11.2. The standard InChI is InChI=1S/C24H26N2O5S/c1-26(2)32(28,29)23-15-20(12-13-22(23)30-3)24(27)25-16-19-10-7-11-21(14-19)31-17-18-8-5-4-6-9-18/h4-15H,16-17H2,1-3H3,(H,25,27). The lowest BCUT2D eigenvalue weighted by molar-refractivity contribution is 0.0950. The molecule has 0 atom stereocenters. The third kappa shape index (κ3) is 5.66. The van der Waals surface area contributed by atoms with Gasteiger partial charge < -0.3 is 14.8 Å². The zero-order valence-corrected chi connectivity index (χ0v) is 19.1. The molecule has 0 aliphatic rings. The number of nitrogens with zero attached hydrogens (tertiary/aromatic N) is 1. The monoisotopic (exact) mass is 454 g/mol. The first-order valence-corrected chi connectivity index (χ1v) is 11.4. The molecule has 0 spiro atoms. The van der Waals surface area contributed by atoms with Crippen molar-refractivity contribution in [1.82, 2.24) is 9.62 Å². The number of carbonyl (C=O) groups is 1. The number of rotatable bonds is 9. The summed E-state index contributed by atoms with van der Waals surface area (Å²) < 4.78 is 37.2. The van der Waals surface area contributed by atoms with E-state index >= 15 is 0 Å². The molecule has 0 aromatic heterocycles. The van der Waals surface area contributed by atoms with Crippen molar-refractivity contribution in [2.45, 2.75) is 18.0 Å². The van der Waals surface area contributed by atoms with E-state index < -0.39 is 15.9 Å². The highest BCUT2D eigenvalue weighted by Crippen LogP contribution is 2.27. The summed E-state index contributed by atoms with van der Waals surface area (Å²) in [5, 5.41) is 2.82. The lowest BCUT2D eigenvalue weighted by Crippen LogP contribution is -2.25. The molecule has 0 fully saturated rings. The van der Waals surface area contributed by atoms with Crippen molar-refractivity contribution in [1.29, 1.82) is 0 Å². The van der Waals surface area contributed by atoms with E-state index in [1.807, 2.05) is 54.6 Å². The topological polar surface area (TPSA) is 84.9 Å². The molecule has 0 saturated carbocycles. The largest absolute Gasteiger partial charge is 0.495 e. The molecule has 1 amide bonds. The molecule has 0 bridgehead atoms. The first-order chi connectivity index (χ1) is 15.3. The molecule has 168 valence electrons. The number of methoxy groups -OCH3 is 1. The van der Waals surface area contributed by atoms with E-state index in [-0.39, 0.29) is 22.8 Å². The van der Waals surface area contributed by atoms with Gasteiger partial charge in [-0.15, -0.1) is 0 Å². The van der Waals surface area contributed by atoms with Crippen LogP contribution in [-0.2, 0) is 23.2 Å². The van der Waals surface area contributed by atoms with E-state index in [2.05, 4.69) is 5.32 Å². The third-order valence-electron chi connectivity index (χ3n) is 4.78. The number of sulfonamides is 1. The molecule has 0 unspecified atom stereocenters. The van der Waals surface area contributed by atoms with Gasteiger partial charge in [-0.3, -0.25) is 4.79 Å². The number of nitrogens with one attached hydrogen (secondary N) is 1. The molecule has 0 aliphatic heterocycles. The summed E-state index contributed by atoms with van der Waals surface area (Å²) in [5.41, 5.74) is 2.15. The van der Waals surface area contributed by atoms with E-state index in [4.69, 9.17) is 9.47 Å². The third-order valence-corrected chi connectivity index (χ3v) is 6.62. The number of hydrogen-bond donors (Lipinski definition) is 1. The Bertz CT molecular complexity index is 1180. The highest BCUT2D eigenvalue weighted by Gasteiger charge is 2.23. The molecular formula is C24H26N2O5S. The Kier molecular flexibility index (Phi) is 7.50. The Morgan fingerprint density at radius 2 is 1.66 bits per heavy atom. The molecular weight excluding hydrogens is 428 g/mol. The van der Waals surface area contributed by atoms with E-state index in [1.54, 1.807) is 0 Å². The summed E-state index contributed by atoms with van der Waals surface area (Å²) >= 11 is 0. The fourth-order valence-electron chi connectivity index (χ4n) is 2.99. The predicted octanol–water partition coefficient (Wildman–Crippen LogP) is 3.45. The number of ether oxygens (including phenoxy) is 2. The second-order valence-corrected chi connectivity index (χ2v) is 9.38. The minimum absolute atomic E-state index is 0.0611. The van der Waals surface area contributed by atoms with Crippen molar-refractivity contribution < 1.29 is 22.7 Å². The van der Waals surface area contributed by atoms with Gasteiger partial charge in [-0.25, -0.2) is 12.7 Å². The summed E-state index contributed by atoms with van der Waals surface area (Å²) in [6.45, 7) is 0.717. The van der Waals surface area contributed by atoms with Gasteiger partial charge in [0.25, 0.3) is 5.91 Å². The maximum absolute atomic E-state index is 12.7. The van der Waals surface area contributed by atoms with Crippen molar-refractivity contribution in [3.8, 4) is 11.5 Å². The van der Waals surface area contributed by atoms with Crippen LogP contribution >= 0.6 is 0 Å². The van der Waals surface area contributed by atoms with Crippen LogP contribution in [0, 0.1) is 0 Å². The minimum atomic E-state index is -3.77.